The first kappa shape index (κ1) is 20.9. The van der Waals surface area contributed by atoms with Crippen LogP contribution < -0.4 is 5.32 Å². The fraction of sp³-hybridized carbons (Fsp3) is 0.222. The van der Waals surface area contributed by atoms with Crippen LogP contribution in [-0.4, -0.2) is 15.6 Å². The van der Waals surface area contributed by atoms with E-state index in [-0.39, 0.29) is 6.04 Å². The van der Waals surface area contributed by atoms with Crippen LogP contribution in [0, 0.1) is 0 Å². The number of nitrogens with one attached hydrogen (secondary N) is 1. The molecule has 0 bridgehead atoms. The van der Waals surface area contributed by atoms with Crippen LogP contribution >= 0.6 is 0 Å². The predicted octanol–water partition coefficient (Wildman–Crippen LogP) is 5.95. The first-order valence-corrected chi connectivity index (χ1v) is 10.8. The van der Waals surface area contributed by atoms with Gasteiger partial charge in [0.05, 0.1) is 0 Å². The summed E-state index contributed by atoms with van der Waals surface area (Å²) in [5.41, 5.74) is 4.14. The van der Waals surface area contributed by atoms with Gasteiger partial charge in [0.25, 0.3) is 0 Å². The molecule has 4 nitrogen and oxygen atoms in total. The predicted molar refractivity (Wildman–Crippen MR) is 125 cm³/mol. The maximum absolute atomic E-state index is 12.4. The molecule has 0 aliphatic rings. The molecule has 4 rings (SSSR count). The zero-order valence-corrected chi connectivity index (χ0v) is 17.7. The maximum Gasteiger partial charge on any atom is 0.325 e. The fourth-order valence-electron chi connectivity index (χ4n) is 4.23. The molecule has 0 spiro atoms. The topological polar surface area (TPSA) is 54.3 Å². The Balaban J connectivity index is 1.73. The Morgan fingerprint density at radius 1 is 0.935 bits per heavy atom. The van der Waals surface area contributed by atoms with Crippen molar-refractivity contribution in [2.24, 2.45) is 0 Å². The number of carbonyl (C=O) groups is 1. The molecule has 0 fully saturated rings. The van der Waals surface area contributed by atoms with Crippen molar-refractivity contribution in [3.8, 4) is 0 Å². The summed E-state index contributed by atoms with van der Waals surface area (Å²) in [5.74, 6) is -0.861. The highest BCUT2D eigenvalue weighted by Crippen LogP contribution is 2.30. The summed E-state index contributed by atoms with van der Waals surface area (Å²) in [6.07, 6.45) is 3.84. The summed E-state index contributed by atoms with van der Waals surface area (Å²) >= 11 is 0. The molecule has 1 aromatic heterocycles. The lowest BCUT2D eigenvalue weighted by molar-refractivity contribution is -0.139. The van der Waals surface area contributed by atoms with Gasteiger partial charge in [0, 0.05) is 35.2 Å². The molecular weight excluding hydrogens is 384 g/mol. The Bertz CT molecular complexity index is 1140. The van der Waals surface area contributed by atoms with E-state index < -0.39 is 12.0 Å². The van der Waals surface area contributed by atoms with Crippen molar-refractivity contribution in [3.05, 3.63) is 108 Å². The second-order valence-electron chi connectivity index (χ2n) is 7.90. The van der Waals surface area contributed by atoms with E-state index in [0.29, 0.717) is 6.54 Å². The van der Waals surface area contributed by atoms with Gasteiger partial charge in [-0.1, -0.05) is 92.2 Å². The van der Waals surface area contributed by atoms with Crippen LogP contribution in [0.2, 0.25) is 0 Å². The standard InChI is InChI=1S/C27H28N2O2/c1-2-11-24(21-14-7-4-8-15-21)28-26(27(30)31)23-19-29(18-20-12-5-3-6-13-20)25-17-10-9-16-22(23)25/h3-10,12-17,19,24,26,28H,2,11,18H2,1H3,(H,30,31). The number of benzene rings is 3. The molecular formula is C27H28N2O2. The molecule has 31 heavy (non-hydrogen) atoms. The van der Waals surface area contributed by atoms with Crippen molar-refractivity contribution in [2.45, 2.75) is 38.4 Å². The first-order chi connectivity index (χ1) is 15.2. The van der Waals surface area contributed by atoms with Gasteiger partial charge < -0.3 is 9.67 Å². The SMILES string of the molecule is CCCC(NC(C(=O)O)c1cn(Cc2ccccc2)c2ccccc12)c1ccccc1. The van der Waals surface area contributed by atoms with E-state index in [0.717, 1.165) is 34.9 Å². The molecule has 0 saturated heterocycles. The Morgan fingerprint density at radius 3 is 2.26 bits per heavy atom. The minimum Gasteiger partial charge on any atom is -0.480 e. The zero-order chi connectivity index (χ0) is 21.6. The molecule has 3 aromatic carbocycles. The summed E-state index contributed by atoms with van der Waals surface area (Å²) in [4.78, 5) is 12.4. The average molecular weight is 413 g/mol. The molecule has 4 aromatic rings. The number of fused-ring (bicyclic) bond motifs is 1. The summed E-state index contributed by atoms with van der Waals surface area (Å²) in [7, 11) is 0. The molecule has 2 atom stereocenters. The Kier molecular flexibility index (Phi) is 6.48. The largest absolute Gasteiger partial charge is 0.480 e. The van der Waals surface area contributed by atoms with Crippen molar-refractivity contribution < 1.29 is 9.90 Å². The number of nitrogens with zero attached hydrogens (tertiary/aromatic N) is 1. The van der Waals surface area contributed by atoms with Gasteiger partial charge in [-0.05, 0) is 23.6 Å². The Hall–Kier alpha value is -3.37. The minimum atomic E-state index is -0.861. The van der Waals surface area contributed by atoms with E-state index in [1.54, 1.807) is 0 Å². The summed E-state index contributed by atoms with van der Waals surface area (Å²) in [6.45, 7) is 2.82. The molecule has 0 aliphatic heterocycles. The van der Waals surface area contributed by atoms with Crippen LogP contribution in [0.1, 0.15) is 48.5 Å². The molecule has 0 aliphatic carbocycles. The molecule has 0 saturated carbocycles. The number of carboxylic acids is 1. The molecule has 2 unspecified atom stereocenters. The van der Waals surface area contributed by atoms with Gasteiger partial charge in [-0.2, -0.15) is 0 Å². The van der Waals surface area contributed by atoms with Gasteiger partial charge in [-0.25, -0.2) is 0 Å². The van der Waals surface area contributed by atoms with E-state index >= 15 is 0 Å². The Morgan fingerprint density at radius 2 is 1.58 bits per heavy atom. The number of para-hydroxylation sites is 1. The van der Waals surface area contributed by atoms with E-state index in [2.05, 4.69) is 47.1 Å². The number of rotatable bonds is 9. The van der Waals surface area contributed by atoms with E-state index in [1.165, 1.54) is 5.56 Å². The second kappa shape index (κ2) is 9.63. The van der Waals surface area contributed by atoms with Gasteiger partial charge >= 0.3 is 5.97 Å². The third-order valence-corrected chi connectivity index (χ3v) is 5.72. The van der Waals surface area contributed by atoms with Crippen LogP contribution in [0.25, 0.3) is 10.9 Å². The van der Waals surface area contributed by atoms with E-state index in [4.69, 9.17) is 0 Å². The van der Waals surface area contributed by atoms with Crippen LogP contribution in [-0.2, 0) is 11.3 Å². The van der Waals surface area contributed by atoms with Crippen molar-refractivity contribution in [2.75, 3.05) is 0 Å². The van der Waals surface area contributed by atoms with Gasteiger partial charge in [-0.3, -0.25) is 10.1 Å². The molecule has 0 amide bonds. The minimum absolute atomic E-state index is 0.0245. The molecule has 2 N–H and O–H groups in total. The number of hydrogen-bond donors (Lipinski definition) is 2. The highest BCUT2D eigenvalue weighted by Gasteiger charge is 2.27. The maximum atomic E-state index is 12.4. The molecule has 158 valence electrons. The highest BCUT2D eigenvalue weighted by atomic mass is 16.4. The van der Waals surface area contributed by atoms with Gasteiger partial charge in [-0.15, -0.1) is 0 Å². The third kappa shape index (κ3) is 4.70. The van der Waals surface area contributed by atoms with E-state index in [9.17, 15) is 9.90 Å². The zero-order valence-electron chi connectivity index (χ0n) is 17.7. The Labute approximate surface area is 183 Å². The molecule has 0 radical (unpaired) electrons. The van der Waals surface area contributed by atoms with Gasteiger partial charge in [0.15, 0.2) is 0 Å². The number of aliphatic carboxylic acids is 1. The normalized spacial score (nSPS) is 13.2. The average Bonchev–Trinajstić information content (AvgIpc) is 3.16. The highest BCUT2D eigenvalue weighted by molar-refractivity contribution is 5.89. The van der Waals surface area contributed by atoms with E-state index in [1.807, 2.05) is 60.8 Å². The van der Waals surface area contributed by atoms with Crippen LogP contribution in [0.4, 0.5) is 0 Å². The second-order valence-corrected chi connectivity index (χ2v) is 7.90. The quantitative estimate of drug-likeness (QED) is 0.357. The summed E-state index contributed by atoms with van der Waals surface area (Å²) in [5, 5.41) is 14.6. The van der Waals surface area contributed by atoms with Gasteiger partial charge in [0.1, 0.15) is 6.04 Å². The first-order valence-electron chi connectivity index (χ1n) is 10.8. The van der Waals surface area contributed by atoms with Crippen molar-refractivity contribution in [3.63, 3.8) is 0 Å². The summed E-state index contributed by atoms with van der Waals surface area (Å²) < 4.78 is 2.15. The smallest absolute Gasteiger partial charge is 0.325 e. The lowest BCUT2D eigenvalue weighted by Gasteiger charge is -2.23. The van der Waals surface area contributed by atoms with Crippen LogP contribution in [0.5, 0.6) is 0 Å². The van der Waals surface area contributed by atoms with Crippen molar-refractivity contribution in [1.82, 2.24) is 9.88 Å². The van der Waals surface area contributed by atoms with Crippen LogP contribution in [0.15, 0.2) is 91.1 Å². The number of carboxylic acid groups (broad SMARTS) is 1. The van der Waals surface area contributed by atoms with Crippen LogP contribution in [0.3, 0.4) is 0 Å². The number of hydrogen-bond acceptors (Lipinski definition) is 2. The molecule has 1 heterocycles. The number of aromatic nitrogens is 1. The van der Waals surface area contributed by atoms with Gasteiger partial charge in [0.2, 0.25) is 0 Å². The third-order valence-electron chi connectivity index (χ3n) is 5.72. The lowest BCUT2D eigenvalue weighted by atomic mass is 9.99. The summed E-state index contributed by atoms with van der Waals surface area (Å²) in [6, 6.07) is 27.6. The monoisotopic (exact) mass is 412 g/mol. The lowest BCUT2D eigenvalue weighted by Crippen LogP contribution is -2.32. The molecule has 4 heteroatoms. The van der Waals surface area contributed by atoms with Crippen molar-refractivity contribution >= 4 is 16.9 Å². The van der Waals surface area contributed by atoms with Crippen molar-refractivity contribution in [1.29, 1.82) is 0 Å². The fourth-order valence-corrected chi connectivity index (χ4v) is 4.23.